The number of ether oxygens (including phenoxy) is 2. The molecule has 0 saturated carbocycles. The van der Waals surface area contributed by atoms with Crippen LogP contribution in [0.4, 0.5) is 0 Å². The van der Waals surface area contributed by atoms with Crippen LogP contribution in [0.1, 0.15) is 28.4 Å². The fourth-order valence-electron chi connectivity index (χ4n) is 3.45. The van der Waals surface area contributed by atoms with Gasteiger partial charge in [-0.1, -0.05) is 18.2 Å². The van der Waals surface area contributed by atoms with E-state index in [4.69, 9.17) is 19.2 Å². The van der Waals surface area contributed by atoms with Crippen LogP contribution in [0.2, 0.25) is 0 Å². The second-order valence-corrected chi connectivity index (χ2v) is 6.72. The molecule has 8 heteroatoms. The molecule has 0 aliphatic heterocycles. The van der Waals surface area contributed by atoms with E-state index in [0.29, 0.717) is 53.3 Å². The average molecular weight is 405 g/mol. The van der Waals surface area contributed by atoms with Crippen molar-refractivity contribution in [1.82, 2.24) is 9.38 Å². The van der Waals surface area contributed by atoms with E-state index in [-0.39, 0.29) is 12.2 Å². The van der Waals surface area contributed by atoms with Gasteiger partial charge in [-0.15, -0.1) is 0 Å². The van der Waals surface area contributed by atoms with Crippen LogP contribution in [0.25, 0.3) is 16.4 Å². The number of hydrogen-bond donors (Lipinski definition) is 1. The number of aromatic carboxylic acids is 1. The SMILES string of the molecule is Cc1cnc(CCCOc2cc(OCC#N)cn3c2c(C(=O)O)c2ccccc23)o1. The predicted molar refractivity (Wildman–Crippen MR) is 108 cm³/mol. The number of nitrogens with zero attached hydrogens (tertiary/aromatic N) is 3. The van der Waals surface area contributed by atoms with Crippen LogP contribution in [-0.4, -0.2) is 33.7 Å². The number of nitriles is 1. The number of carboxylic acid groups (broad SMARTS) is 1. The fraction of sp³-hybridized carbons (Fsp3) is 0.227. The number of para-hydroxylation sites is 1. The predicted octanol–water partition coefficient (Wildman–Crippen LogP) is 4.00. The lowest BCUT2D eigenvalue weighted by Crippen LogP contribution is -2.04. The first-order chi connectivity index (χ1) is 14.6. The van der Waals surface area contributed by atoms with E-state index in [9.17, 15) is 9.90 Å². The maximum Gasteiger partial charge on any atom is 0.338 e. The number of aryl methyl sites for hydroxylation is 2. The molecular weight excluding hydrogens is 386 g/mol. The van der Waals surface area contributed by atoms with Crippen molar-refractivity contribution in [2.24, 2.45) is 0 Å². The number of rotatable bonds is 8. The number of carbonyl (C=O) groups is 1. The number of oxazole rings is 1. The molecule has 8 nitrogen and oxygen atoms in total. The summed E-state index contributed by atoms with van der Waals surface area (Å²) in [7, 11) is 0. The summed E-state index contributed by atoms with van der Waals surface area (Å²) < 4.78 is 18.6. The van der Waals surface area contributed by atoms with E-state index in [1.165, 1.54) is 0 Å². The molecule has 0 radical (unpaired) electrons. The summed E-state index contributed by atoms with van der Waals surface area (Å²) in [6.45, 7) is 2.04. The zero-order valence-electron chi connectivity index (χ0n) is 16.3. The molecule has 4 aromatic rings. The van der Waals surface area contributed by atoms with Gasteiger partial charge in [0.1, 0.15) is 28.8 Å². The summed E-state index contributed by atoms with van der Waals surface area (Å²) in [5.41, 5.74) is 1.32. The minimum absolute atomic E-state index is 0.126. The molecule has 3 aromatic heterocycles. The highest BCUT2D eigenvalue weighted by Gasteiger charge is 2.22. The molecule has 0 saturated heterocycles. The average Bonchev–Trinajstić information content (AvgIpc) is 3.30. The van der Waals surface area contributed by atoms with Gasteiger partial charge >= 0.3 is 5.97 Å². The molecule has 1 aromatic carbocycles. The summed E-state index contributed by atoms with van der Waals surface area (Å²) >= 11 is 0. The molecule has 4 rings (SSSR count). The maximum absolute atomic E-state index is 12.1. The highest BCUT2D eigenvalue weighted by Crippen LogP contribution is 2.36. The Hall–Kier alpha value is -3.99. The van der Waals surface area contributed by atoms with Crippen molar-refractivity contribution in [2.45, 2.75) is 19.8 Å². The Morgan fingerprint density at radius 2 is 2.17 bits per heavy atom. The van der Waals surface area contributed by atoms with E-state index >= 15 is 0 Å². The zero-order chi connectivity index (χ0) is 21.1. The van der Waals surface area contributed by atoms with Gasteiger partial charge < -0.3 is 23.4 Å². The molecule has 30 heavy (non-hydrogen) atoms. The van der Waals surface area contributed by atoms with Crippen LogP contribution in [0.15, 0.2) is 47.1 Å². The minimum Gasteiger partial charge on any atom is -0.491 e. The topological polar surface area (TPSA) is 110 Å². The number of benzene rings is 1. The Morgan fingerprint density at radius 3 is 2.90 bits per heavy atom. The molecular formula is C22H19N3O5. The van der Waals surface area contributed by atoms with Gasteiger partial charge in [-0.2, -0.15) is 5.26 Å². The Balaban J connectivity index is 1.72. The lowest BCUT2D eigenvalue weighted by Gasteiger charge is -2.12. The summed E-state index contributed by atoms with van der Waals surface area (Å²) in [5.74, 6) is 1.13. The van der Waals surface area contributed by atoms with Crippen LogP contribution >= 0.6 is 0 Å². The van der Waals surface area contributed by atoms with E-state index < -0.39 is 5.97 Å². The Morgan fingerprint density at radius 1 is 1.33 bits per heavy atom. The minimum atomic E-state index is -1.04. The van der Waals surface area contributed by atoms with Gasteiger partial charge in [0.15, 0.2) is 12.5 Å². The van der Waals surface area contributed by atoms with E-state index in [1.54, 1.807) is 35.0 Å². The molecule has 1 N–H and O–H groups in total. The summed E-state index contributed by atoms with van der Waals surface area (Å²) in [4.78, 5) is 16.2. The smallest absolute Gasteiger partial charge is 0.338 e. The van der Waals surface area contributed by atoms with E-state index in [2.05, 4.69) is 4.98 Å². The van der Waals surface area contributed by atoms with Crippen LogP contribution in [0, 0.1) is 18.3 Å². The lowest BCUT2D eigenvalue weighted by atomic mass is 10.1. The molecule has 0 amide bonds. The first-order valence-electron chi connectivity index (χ1n) is 9.42. The Bertz CT molecular complexity index is 1270. The van der Waals surface area contributed by atoms with Crippen molar-refractivity contribution >= 4 is 22.4 Å². The monoisotopic (exact) mass is 405 g/mol. The standard InChI is InChI=1S/C22H19N3O5/c1-14-12-24-19(30-14)7-4-9-29-18-11-15(28-10-8-23)13-25-17-6-3-2-5-16(17)20(21(18)25)22(26)27/h2-3,5-6,11-13H,4,7,9-10H2,1H3,(H,26,27). The Labute approximate surface area is 171 Å². The number of hydrogen-bond acceptors (Lipinski definition) is 6. The van der Waals surface area contributed by atoms with Crippen molar-refractivity contribution in [1.29, 1.82) is 5.26 Å². The van der Waals surface area contributed by atoms with Gasteiger partial charge in [-0.05, 0) is 19.4 Å². The normalized spacial score (nSPS) is 10.9. The van der Waals surface area contributed by atoms with Gasteiger partial charge in [-0.25, -0.2) is 9.78 Å². The zero-order valence-corrected chi connectivity index (χ0v) is 16.3. The second kappa shape index (κ2) is 8.17. The van der Waals surface area contributed by atoms with Crippen molar-refractivity contribution in [3.05, 3.63) is 59.9 Å². The van der Waals surface area contributed by atoms with E-state index in [1.807, 2.05) is 25.1 Å². The molecule has 0 aliphatic carbocycles. The van der Waals surface area contributed by atoms with Crippen molar-refractivity contribution < 1.29 is 23.8 Å². The first kappa shape index (κ1) is 19.3. The van der Waals surface area contributed by atoms with Gasteiger partial charge in [-0.3, -0.25) is 0 Å². The third kappa shape index (κ3) is 3.65. The first-order valence-corrected chi connectivity index (χ1v) is 9.42. The quantitative estimate of drug-likeness (QED) is 0.441. The molecule has 0 bridgehead atoms. The largest absolute Gasteiger partial charge is 0.491 e. The van der Waals surface area contributed by atoms with Crippen LogP contribution in [0.3, 0.4) is 0 Å². The van der Waals surface area contributed by atoms with Crippen LogP contribution in [-0.2, 0) is 6.42 Å². The molecule has 0 fully saturated rings. The van der Waals surface area contributed by atoms with E-state index in [0.717, 1.165) is 5.76 Å². The summed E-state index contributed by atoms with van der Waals surface area (Å²) in [5, 5.41) is 19.3. The Kier molecular flexibility index (Phi) is 5.26. The van der Waals surface area contributed by atoms with Gasteiger partial charge in [0.2, 0.25) is 0 Å². The van der Waals surface area contributed by atoms with Crippen molar-refractivity contribution in [3.63, 3.8) is 0 Å². The number of carboxylic acids is 1. The number of aromatic nitrogens is 2. The molecule has 152 valence electrons. The van der Waals surface area contributed by atoms with Crippen molar-refractivity contribution in [2.75, 3.05) is 13.2 Å². The highest BCUT2D eigenvalue weighted by atomic mass is 16.5. The molecule has 0 atom stereocenters. The number of fused-ring (bicyclic) bond motifs is 3. The van der Waals surface area contributed by atoms with Crippen LogP contribution in [0.5, 0.6) is 11.5 Å². The third-order valence-electron chi connectivity index (χ3n) is 4.65. The van der Waals surface area contributed by atoms with Gasteiger partial charge in [0.25, 0.3) is 0 Å². The van der Waals surface area contributed by atoms with Crippen molar-refractivity contribution in [3.8, 4) is 17.6 Å². The highest BCUT2D eigenvalue weighted by molar-refractivity contribution is 6.12. The molecule has 0 spiro atoms. The lowest BCUT2D eigenvalue weighted by molar-refractivity contribution is 0.0700. The molecule has 3 heterocycles. The summed E-state index contributed by atoms with van der Waals surface area (Å²) in [6, 6.07) is 10.8. The van der Waals surface area contributed by atoms with Crippen LogP contribution < -0.4 is 9.47 Å². The second-order valence-electron chi connectivity index (χ2n) is 6.72. The maximum atomic E-state index is 12.1. The van der Waals surface area contributed by atoms with Gasteiger partial charge in [0.05, 0.1) is 30.1 Å². The van der Waals surface area contributed by atoms with Gasteiger partial charge in [0, 0.05) is 17.9 Å². The number of pyridine rings is 1. The summed E-state index contributed by atoms with van der Waals surface area (Å²) in [6.07, 6.45) is 4.58. The fourth-order valence-corrected chi connectivity index (χ4v) is 3.45. The third-order valence-corrected chi connectivity index (χ3v) is 4.65. The molecule has 0 unspecified atom stereocenters. The molecule has 0 aliphatic rings.